The van der Waals surface area contributed by atoms with Crippen LogP contribution in [0.5, 0.6) is 11.5 Å². The summed E-state index contributed by atoms with van der Waals surface area (Å²) in [5.41, 5.74) is 0.221. The number of rotatable bonds is 5. The molecule has 0 bridgehead atoms. The number of hydrogen-bond donors (Lipinski definition) is 1. The number of carbonyl (C=O) groups is 1. The lowest BCUT2D eigenvalue weighted by molar-refractivity contribution is 0.0690. The fourth-order valence-electron chi connectivity index (χ4n) is 1.74. The van der Waals surface area contributed by atoms with E-state index >= 15 is 0 Å². The normalized spacial score (nSPS) is 10.3. The van der Waals surface area contributed by atoms with Gasteiger partial charge in [-0.15, -0.1) is 11.8 Å². The minimum Gasteiger partial charge on any atom is -0.478 e. The largest absolute Gasteiger partial charge is 0.478 e. The summed E-state index contributed by atoms with van der Waals surface area (Å²) in [6, 6.07) is 12.8. The zero-order valence-electron chi connectivity index (χ0n) is 10.8. The molecule has 104 valence electrons. The minimum atomic E-state index is -0.970. The van der Waals surface area contributed by atoms with Crippen LogP contribution in [0.1, 0.15) is 17.3 Å². The predicted molar refractivity (Wildman–Crippen MR) is 89.0 cm³/mol. The number of aromatic carboxylic acids is 1. The molecule has 0 aliphatic carbocycles. The van der Waals surface area contributed by atoms with Crippen LogP contribution >= 0.6 is 34.4 Å². The van der Waals surface area contributed by atoms with Gasteiger partial charge in [-0.3, -0.25) is 0 Å². The molecule has 1 N–H and O–H groups in total. The van der Waals surface area contributed by atoms with Gasteiger partial charge in [-0.1, -0.05) is 19.1 Å². The first-order chi connectivity index (χ1) is 9.61. The molecule has 0 aliphatic rings. The Balaban J connectivity index is 2.40. The van der Waals surface area contributed by atoms with E-state index in [0.29, 0.717) is 11.5 Å². The highest BCUT2D eigenvalue weighted by Gasteiger charge is 2.17. The topological polar surface area (TPSA) is 46.5 Å². The van der Waals surface area contributed by atoms with Crippen molar-refractivity contribution in [1.82, 2.24) is 0 Å². The molecule has 0 aliphatic heterocycles. The molecule has 3 nitrogen and oxygen atoms in total. The van der Waals surface area contributed by atoms with Crippen LogP contribution in [0, 0.1) is 3.57 Å². The Morgan fingerprint density at radius 3 is 2.70 bits per heavy atom. The molecule has 0 unspecified atom stereocenters. The Labute approximate surface area is 135 Å². The van der Waals surface area contributed by atoms with Gasteiger partial charge in [0.05, 0.1) is 0 Å². The molecule has 0 atom stereocenters. The van der Waals surface area contributed by atoms with Crippen molar-refractivity contribution >= 4 is 40.3 Å². The van der Waals surface area contributed by atoms with E-state index in [9.17, 15) is 9.90 Å². The molecule has 0 amide bonds. The van der Waals surface area contributed by atoms with Crippen LogP contribution in [0.25, 0.3) is 0 Å². The zero-order valence-corrected chi connectivity index (χ0v) is 13.8. The van der Waals surface area contributed by atoms with E-state index in [1.165, 1.54) is 11.8 Å². The smallest absolute Gasteiger partial charge is 0.340 e. The highest BCUT2D eigenvalue weighted by molar-refractivity contribution is 14.1. The molecule has 0 saturated heterocycles. The summed E-state index contributed by atoms with van der Waals surface area (Å²) in [7, 11) is 0. The van der Waals surface area contributed by atoms with E-state index in [4.69, 9.17) is 4.74 Å². The molecule has 0 spiro atoms. The van der Waals surface area contributed by atoms with Gasteiger partial charge in [0.1, 0.15) is 17.1 Å². The van der Waals surface area contributed by atoms with Crippen LogP contribution in [0.15, 0.2) is 47.4 Å². The van der Waals surface area contributed by atoms with Gasteiger partial charge >= 0.3 is 5.97 Å². The van der Waals surface area contributed by atoms with Gasteiger partial charge < -0.3 is 9.84 Å². The number of halogens is 1. The molecule has 2 aromatic rings. The lowest BCUT2D eigenvalue weighted by Gasteiger charge is -2.12. The van der Waals surface area contributed by atoms with Gasteiger partial charge in [0, 0.05) is 8.47 Å². The summed E-state index contributed by atoms with van der Waals surface area (Å²) in [4.78, 5) is 12.2. The lowest BCUT2D eigenvalue weighted by Crippen LogP contribution is -2.02. The van der Waals surface area contributed by atoms with Gasteiger partial charge in [-0.25, -0.2) is 4.79 Å². The van der Waals surface area contributed by atoms with E-state index in [1.54, 1.807) is 12.1 Å². The first-order valence-electron chi connectivity index (χ1n) is 6.04. The highest BCUT2D eigenvalue weighted by atomic mass is 127. The number of carboxylic acids is 1. The summed E-state index contributed by atoms with van der Waals surface area (Å²) in [5, 5.41) is 9.41. The van der Waals surface area contributed by atoms with Crippen molar-refractivity contribution in [2.24, 2.45) is 0 Å². The molecular weight excluding hydrogens is 387 g/mol. The van der Waals surface area contributed by atoms with Crippen LogP contribution in [-0.4, -0.2) is 16.8 Å². The minimum absolute atomic E-state index is 0.221. The van der Waals surface area contributed by atoms with Gasteiger partial charge in [-0.2, -0.15) is 0 Å². The molecule has 2 rings (SSSR count). The monoisotopic (exact) mass is 400 g/mol. The van der Waals surface area contributed by atoms with Crippen LogP contribution in [0.2, 0.25) is 0 Å². The first kappa shape index (κ1) is 15.2. The summed E-state index contributed by atoms with van der Waals surface area (Å²) in [6.07, 6.45) is 0. The third-order valence-electron chi connectivity index (χ3n) is 2.53. The van der Waals surface area contributed by atoms with E-state index in [1.807, 2.05) is 37.3 Å². The molecule has 5 heteroatoms. The maximum absolute atomic E-state index is 11.5. The zero-order chi connectivity index (χ0) is 14.5. The van der Waals surface area contributed by atoms with Crippen LogP contribution in [0.4, 0.5) is 0 Å². The van der Waals surface area contributed by atoms with Crippen molar-refractivity contribution in [3.05, 3.63) is 51.6 Å². The summed E-state index contributed by atoms with van der Waals surface area (Å²) < 4.78 is 6.78. The third kappa shape index (κ3) is 3.67. The van der Waals surface area contributed by atoms with Gasteiger partial charge in [0.15, 0.2) is 0 Å². The second-order valence-electron chi connectivity index (χ2n) is 3.93. The molecule has 20 heavy (non-hydrogen) atoms. The Morgan fingerprint density at radius 2 is 2.05 bits per heavy atom. The van der Waals surface area contributed by atoms with Gasteiger partial charge in [-0.05, 0) is 58.7 Å². The Morgan fingerprint density at radius 1 is 1.30 bits per heavy atom. The number of benzene rings is 2. The van der Waals surface area contributed by atoms with Gasteiger partial charge in [0.25, 0.3) is 0 Å². The quantitative estimate of drug-likeness (QED) is 0.573. The summed E-state index contributed by atoms with van der Waals surface area (Å²) >= 11 is 3.69. The Hall–Kier alpha value is -1.21. The van der Waals surface area contributed by atoms with Gasteiger partial charge in [0.2, 0.25) is 0 Å². The van der Waals surface area contributed by atoms with Crippen molar-refractivity contribution < 1.29 is 14.6 Å². The number of carboxylic acid groups (broad SMARTS) is 1. The SMILES string of the molecule is CCSc1cccc(Oc2cccc(I)c2)c1C(=O)O. The predicted octanol–water partition coefficient (Wildman–Crippen LogP) is 4.89. The fraction of sp³-hybridized carbons (Fsp3) is 0.133. The van der Waals surface area contributed by atoms with Crippen molar-refractivity contribution in [3.8, 4) is 11.5 Å². The summed E-state index contributed by atoms with van der Waals surface area (Å²) in [6.45, 7) is 1.99. The number of hydrogen-bond acceptors (Lipinski definition) is 3. The second kappa shape index (κ2) is 6.99. The Bertz CT molecular complexity index is 628. The highest BCUT2D eigenvalue weighted by Crippen LogP contribution is 2.33. The summed E-state index contributed by atoms with van der Waals surface area (Å²) in [5.74, 6) is 0.852. The Kier molecular flexibility index (Phi) is 5.31. The maximum atomic E-state index is 11.5. The molecule has 0 heterocycles. The number of ether oxygens (including phenoxy) is 1. The molecule has 2 aromatic carbocycles. The van der Waals surface area contributed by atoms with E-state index in [2.05, 4.69) is 22.6 Å². The van der Waals surface area contributed by atoms with Crippen molar-refractivity contribution in [3.63, 3.8) is 0 Å². The number of thioether (sulfide) groups is 1. The second-order valence-corrected chi connectivity index (χ2v) is 6.48. The molecule has 0 saturated carbocycles. The van der Waals surface area contributed by atoms with Crippen LogP contribution in [-0.2, 0) is 0 Å². The van der Waals surface area contributed by atoms with Crippen molar-refractivity contribution in [2.75, 3.05) is 5.75 Å². The molecular formula is C15H13IO3S. The average Bonchev–Trinajstić information content (AvgIpc) is 2.39. The first-order valence-corrected chi connectivity index (χ1v) is 8.10. The van der Waals surface area contributed by atoms with Crippen molar-refractivity contribution in [2.45, 2.75) is 11.8 Å². The average molecular weight is 400 g/mol. The van der Waals surface area contributed by atoms with E-state index in [0.717, 1.165) is 14.2 Å². The molecule has 0 fully saturated rings. The maximum Gasteiger partial charge on any atom is 0.340 e. The fourth-order valence-corrected chi connectivity index (χ4v) is 3.07. The molecule has 0 aromatic heterocycles. The van der Waals surface area contributed by atoms with Crippen molar-refractivity contribution in [1.29, 1.82) is 0 Å². The lowest BCUT2D eigenvalue weighted by atomic mass is 10.2. The standard InChI is InChI=1S/C15H13IO3S/c1-2-20-13-8-4-7-12(14(13)15(17)18)19-11-6-3-5-10(16)9-11/h3-9H,2H2,1H3,(H,17,18). The molecule has 0 radical (unpaired) electrons. The van der Waals surface area contributed by atoms with Crippen LogP contribution < -0.4 is 4.74 Å². The third-order valence-corrected chi connectivity index (χ3v) is 4.14. The van der Waals surface area contributed by atoms with E-state index in [-0.39, 0.29) is 5.56 Å². The van der Waals surface area contributed by atoms with Crippen LogP contribution in [0.3, 0.4) is 0 Å². The van der Waals surface area contributed by atoms with E-state index < -0.39 is 5.97 Å².